The largest absolute Gasteiger partial charge is 0.402 e. The Kier molecular flexibility index (Phi) is 6.32. The Labute approximate surface area is 112 Å². The van der Waals surface area contributed by atoms with Gasteiger partial charge in [-0.1, -0.05) is 47.1 Å². The van der Waals surface area contributed by atoms with Crippen LogP contribution in [0.5, 0.6) is 0 Å². The summed E-state index contributed by atoms with van der Waals surface area (Å²) in [5, 5.41) is 0.108. The molecule has 100 valence electrons. The van der Waals surface area contributed by atoms with Gasteiger partial charge in [0, 0.05) is 11.1 Å². The first-order chi connectivity index (χ1) is 7.61. The van der Waals surface area contributed by atoms with Crippen LogP contribution in [0.25, 0.3) is 0 Å². The molecular weight excluding hydrogens is 230 g/mol. The Hall–Kier alpha value is -0.430. The van der Waals surface area contributed by atoms with E-state index in [-0.39, 0.29) is 10.8 Å². The van der Waals surface area contributed by atoms with E-state index in [1.807, 2.05) is 0 Å². The molecule has 1 nitrogen and oxygen atoms in total. The summed E-state index contributed by atoms with van der Waals surface area (Å²) in [4.78, 5) is 0. The van der Waals surface area contributed by atoms with E-state index in [4.69, 9.17) is 17.3 Å². The van der Waals surface area contributed by atoms with Crippen molar-refractivity contribution in [2.45, 2.75) is 60.3 Å². The molecule has 0 rings (SSSR count). The molecule has 0 saturated heterocycles. The Morgan fingerprint density at radius 2 is 1.76 bits per heavy atom. The summed E-state index contributed by atoms with van der Waals surface area (Å²) < 4.78 is 0. The molecule has 0 aliphatic carbocycles. The number of alkyl halides is 1. The molecule has 0 aromatic carbocycles. The summed E-state index contributed by atoms with van der Waals surface area (Å²) in [7, 11) is 0. The number of hydrogen-bond donors (Lipinski definition) is 1. The van der Waals surface area contributed by atoms with Crippen LogP contribution in [0.15, 0.2) is 22.9 Å². The maximum absolute atomic E-state index is 6.32. The molecule has 2 N–H and O–H groups in total. The van der Waals surface area contributed by atoms with Gasteiger partial charge in [-0.15, -0.1) is 11.6 Å². The van der Waals surface area contributed by atoms with Gasteiger partial charge in [-0.25, -0.2) is 0 Å². The van der Waals surface area contributed by atoms with Crippen LogP contribution < -0.4 is 5.73 Å². The zero-order chi connectivity index (χ0) is 13.8. The molecule has 0 aromatic heterocycles. The average molecular weight is 258 g/mol. The standard InChI is InChI=1S/C15H28ClN/c1-8-13(16)11(4)12(10(2)3)9-14(17)15(5,6)7/h9-10,13H,8,17H2,1-7H3/b12-11+,14-9-. The molecule has 0 heterocycles. The van der Waals surface area contributed by atoms with Crippen LogP contribution in [0.3, 0.4) is 0 Å². The highest BCUT2D eigenvalue weighted by molar-refractivity contribution is 6.22. The van der Waals surface area contributed by atoms with Crippen molar-refractivity contribution in [2.75, 3.05) is 0 Å². The molecule has 17 heavy (non-hydrogen) atoms. The van der Waals surface area contributed by atoms with E-state index >= 15 is 0 Å². The van der Waals surface area contributed by atoms with Crippen molar-refractivity contribution >= 4 is 11.6 Å². The topological polar surface area (TPSA) is 26.0 Å². The van der Waals surface area contributed by atoms with Gasteiger partial charge in [-0.2, -0.15) is 0 Å². The van der Waals surface area contributed by atoms with Crippen LogP contribution >= 0.6 is 11.6 Å². The summed E-state index contributed by atoms with van der Waals surface area (Å²) in [5.41, 5.74) is 9.60. The summed E-state index contributed by atoms with van der Waals surface area (Å²) in [6.07, 6.45) is 3.07. The minimum absolute atomic E-state index is 0.00838. The van der Waals surface area contributed by atoms with Crippen LogP contribution in [-0.2, 0) is 0 Å². The van der Waals surface area contributed by atoms with Crippen molar-refractivity contribution in [1.29, 1.82) is 0 Å². The summed E-state index contributed by atoms with van der Waals surface area (Å²) in [6, 6.07) is 0. The van der Waals surface area contributed by atoms with Gasteiger partial charge in [0.1, 0.15) is 0 Å². The normalized spacial score (nSPS) is 17.1. The van der Waals surface area contributed by atoms with E-state index in [2.05, 4.69) is 54.5 Å². The van der Waals surface area contributed by atoms with Crippen LogP contribution in [-0.4, -0.2) is 5.38 Å². The van der Waals surface area contributed by atoms with E-state index in [1.54, 1.807) is 0 Å². The monoisotopic (exact) mass is 257 g/mol. The lowest BCUT2D eigenvalue weighted by molar-refractivity contribution is 0.496. The van der Waals surface area contributed by atoms with Crippen molar-refractivity contribution in [3.63, 3.8) is 0 Å². The first-order valence-corrected chi connectivity index (χ1v) is 6.87. The molecule has 1 atom stereocenters. The summed E-state index contributed by atoms with van der Waals surface area (Å²) in [6.45, 7) is 15.0. The molecular formula is C15H28ClN. The van der Waals surface area contributed by atoms with Gasteiger partial charge < -0.3 is 5.73 Å². The second-order valence-electron chi connectivity index (χ2n) is 6.02. The SMILES string of the molecule is CCC(Cl)/C(C)=C(\C=C(/N)C(C)(C)C)C(C)C. The Balaban J connectivity index is 5.42. The highest BCUT2D eigenvalue weighted by Gasteiger charge is 2.17. The molecule has 0 aliphatic rings. The highest BCUT2D eigenvalue weighted by atomic mass is 35.5. The van der Waals surface area contributed by atoms with Crippen LogP contribution in [0.2, 0.25) is 0 Å². The predicted molar refractivity (Wildman–Crippen MR) is 79.2 cm³/mol. The number of allylic oxidation sites excluding steroid dienone is 4. The fraction of sp³-hybridized carbons (Fsp3) is 0.733. The van der Waals surface area contributed by atoms with Crippen molar-refractivity contribution < 1.29 is 0 Å². The van der Waals surface area contributed by atoms with Gasteiger partial charge in [0.05, 0.1) is 5.38 Å². The third kappa shape index (κ3) is 5.16. The number of hydrogen-bond acceptors (Lipinski definition) is 1. The van der Waals surface area contributed by atoms with Crippen molar-refractivity contribution in [3.8, 4) is 0 Å². The number of halogens is 1. The number of nitrogens with two attached hydrogens (primary N) is 1. The zero-order valence-corrected chi connectivity index (χ0v) is 13.2. The van der Waals surface area contributed by atoms with Gasteiger partial charge >= 0.3 is 0 Å². The zero-order valence-electron chi connectivity index (χ0n) is 12.4. The summed E-state index contributed by atoms with van der Waals surface area (Å²) >= 11 is 6.32. The van der Waals surface area contributed by atoms with E-state index < -0.39 is 0 Å². The fourth-order valence-corrected chi connectivity index (χ4v) is 1.73. The smallest absolute Gasteiger partial charge is 0.0545 e. The second kappa shape index (κ2) is 6.49. The van der Waals surface area contributed by atoms with Crippen LogP contribution in [0, 0.1) is 11.3 Å². The molecule has 0 bridgehead atoms. The Morgan fingerprint density at radius 3 is 2.06 bits per heavy atom. The predicted octanol–water partition coefficient (Wildman–Crippen LogP) is 4.87. The minimum atomic E-state index is 0.00838. The van der Waals surface area contributed by atoms with Crippen LogP contribution in [0.1, 0.15) is 54.9 Å². The molecule has 0 spiro atoms. The molecule has 0 radical (unpaired) electrons. The lowest BCUT2D eigenvalue weighted by Crippen LogP contribution is -2.18. The van der Waals surface area contributed by atoms with Crippen LogP contribution in [0.4, 0.5) is 0 Å². The maximum Gasteiger partial charge on any atom is 0.0545 e. The first-order valence-electron chi connectivity index (χ1n) is 6.43. The van der Waals surface area contributed by atoms with Gasteiger partial charge in [0.25, 0.3) is 0 Å². The van der Waals surface area contributed by atoms with Gasteiger partial charge in [0.15, 0.2) is 0 Å². The van der Waals surface area contributed by atoms with Gasteiger partial charge in [-0.05, 0) is 30.9 Å². The molecule has 0 aliphatic heterocycles. The molecule has 0 fully saturated rings. The van der Waals surface area contributed by atoms with E-state index in [0.29, 0.717) is 5.92 Å². The van der Waals surface area contributed by atoms with E-state index in [0.717, 1.165) is 12.1 Å². The lowest BCUT2D eigenvalue weighted by atomic mass is 9.87. The second-order valence-corrected chi connectivity index (χ2v) is 6.55. The Bertz CT molecular complexity index is 305. The highest BCUT2D eigenvalue weighted by Crippen LogP contribution is 2.28. The van der Waals surface area contributed by atoms with Gasteiger partial charge in [-0.3, -0.25) is 0 Å². The molecule has 0 aromatic rings. The average Bonchev–Trinajstić information content (AvgIpc) is 2.21. The number of rotatable bonds is 4. The molecule has 0 amide bonds. The van der Waals surface area contributed by atoms with Crippen molar-refractivity contribution in [3.05, 3.63) is 22.9 Å². The van der Waals surface area contributed by atoms with Crippen molar-refractivity contribution in [1.82, 2.24) is 0 Å². The van der Waals surface area contributed by atoms with E-state index in [1.165, 1.54) is 11.1 Å². The van der Waals surface area contributed by atoms with E-state index in [9.17, 15) is 0 Å². The Morgan fingerprint density at radius 1 is 1.29 bits per heavy atom. The lowest BCUT2D eigenvalue weighted by Gasteiger charge is -2.22. The molecule has 0 saturated carbocycles. The summed E-state index contributed by atoms with van der Waals surface area (Å²) in [5.74, 6) is 0.448. The molecule has 2 heteroatoms. The minimum Gasteiger partial charge on any atom is -0.402 e. The maximum atomic E-state index is 6.32. The van der Waals surface area contributed by atoms with Crippen molar-refractivity contribution in [2.24, 2.45) is 17.1 Å². The first kappa shape index (κ1) is 16.6. The van der Waals surface area contributed by atoms with Gasteiger partial charge in [0.2, 0.25) is 0 Å². The quantitative estimate of drug-likeness (QED) is 0.565. The fourth-order valence-electron chi connectivity index (χ4n) is 1.61. The third-order valence-electron chi connectivity index (χ3n) is 3.08. The third-order valence-corrected chi connectivity index (χ3v) is 3.72. The molecule has 1 unspecified atom stereocenters.